The highest BCUT2D eigenvalue weighted by Gasteiger charge is 2.07. The monoisotopic (exact) mass is 287 g/mol. The minimum absolute atomic E-state index is 0.287. The number of carbonyl (C=O) groups is 1. The highest BCUT2D eigenvalue weighted by atomic mass is 19.1. The molecule has 0 aliphatic carbocycles. The summed E-state index contributed by atoms with van der Waals surface area (Å²) in [5, 5.41) is 2.72. The fourth-order valence-electron chi connectivity index (χ4n) is 1.73. The summed E-state index contributed by atoms with van der Waals surface area (Å²) >= 11 is 0. The van der Waals surface area contributed by atoms with Crippen molar-refractivity contribution >= 4 is 11.6 Å². The van der Waals surface area contributed by atoms with Gasteiger partial charge in [-0.1, -0.05) is 19.9 Å². The van der Waals surface area contributed by atoms with Crippen molar-refractivity contribution in [1.82, 2.24) is 0 Å². The molecule has 0 fully saturated rings. The molecule has 0 atom stereocenters. The topological polar surface area (TPSA) is 38.3 Å². The molecular weight excluding hydrogens is 269 g/mol. The fourth-order valence-corrected chi connectivity index (χ4v) is 1.73. The van der Waals surface area contributed by atoms with E-state index in [-0.39, 0.29) is 11.5 Å². The smallest absolute Gasteiger partial charge is 0.255 e. The molecule has 2 rings (SSSR count). The molecule has 21 heavy (non-hydrogen) atoms. The normalized spacial score (nSPS) is 10.5. The van der Waals surface area contributed by atoms with Crippen LogP contribution in [0.25, 0.3) is 0 Å². The zero-order valence-electron chi connectivity index (χ0n) is 12.1. The Labute approximate surface area is 123 Å². The number of nitrogens with one attached hydrogen (secondary N) is 1. The lowest BCUT2D eigenvalue weighted by molar-refractivity contribution is 0.102. The van der Waals surface area contributed by atoms with Gasteiger partial charge < -0.3 is 10.1 Å². The van der Waals surface area contributed by atoms with Crippen molar-refractivity contribution in [3.8, 4) is 5.75 Å². The molecule has 0 heterocycles. The average Bonchev–Trinajstić information content (AvgIpc) is 2.46. The van der Waals surface area contributed by atoms with Gasteiger partial charge in [0.05, 0.1) is 6.61 Å². The van der Waals surface area contributed by atoms with Crippen molar-refractivity contribution in [3.63, 3.8) is 0 Å². The zero-order chi connectivity index (χ0) is 15.2. The molecular formula is C17H18FNO2. The largest absolute Gasteiger partial charge is 0.493 e. The minimum atomic E-state index is -0.430. The Hall–Kier alpha value is -2.36. The van der Waals surface area contributed by atoms with Crippen LogP contribution in [-0.4, -0.2) is 12.5 Å². The number of benzene rings is 2. The van der Waals surface area contributed by atoms with Crippen LogP contribution in [0.5, 0.6) is 5.75 Å². The van der Waals surface area contributed by atoms with Gasteiger partial charge in [-0.05, 0) is 48.4 Å². The van der Waals surface area contributed by atoms with Gasteiger partial charge in [-0.3, -0.25) is 4.79 Å². The molecule has 2 aromatic rings. The van der Waals surface area contributed by atoms with Crippen molar-refractivity contribution in [2.75, 3.05) is 11.9 Å². The number of hydrogen-bond acceptors (Lipinski definition) is 2. The van der Waals surface area contributed by atoms with Gasteiger partial charge in [0.25, 0.3) is 5.91 Å². The van der Waals surface area contributed by atoms with E-state index in [4.69, 9.17) is 4.74 Å². The molecule has 0 saturated carbocycles. The lowest BCUT2D eigenvalue weighted by atomic mass is 10.2. The summed E-state index contributed by atoms with van der Waals surface area (Å²) in [5.74, 6) is 0.440. The van der Waals surface area contributed by atoms with Crippen molar-refractivity contribution in [2.45, 2.75) is 13.8 Å². The van der Waals surface area contributed by atoms with Crippen LogP contribution in [0.15, 0.2) is 48.5 Å². The van der Waals surface area contributed by atoms with E-state index in [0.717, 1.165) is 5.75 Å². The van der Waals surface area contributed by atoms with Crippen LogP contribution >= 0.6 is 0 Å². The fraction of sp³-hybridized carbons (Fsp3) is 0.235. The summed E-state index contributed by atoms with van der Waals surface area (Å²) in [7, 11) is 0. The quantitative estimate of drug-likeness (QED) is 0.898. The minimum Gasteiger partial charge on any atom is -0.493 e. The molecule has 4 heteroatoms. The molecule has 2 aromatic carbocycles. The molecule has 0 aliphatic rings. The number of anilines is 1. The summed E-state index contributed by atoms with van der Waals surface area (Å²) in [4.78, 5) is 12.0. The first kappa shape index (κ1) is 15.0. The van der Waals surface area contributed by atoms with Crippen LogP contribution in [0.1, 0.15) is 24.2 Å². The van der Waals surface area contributed by atoms with Gasteiger partial charge >= 0.3 is 0 Å². The molecule has 1 N–H and O–H groups in total. The molecule has 0 saturated heterocycles. The second-order valence-electron chi connectivity index (χ2n) is 5.19. The van der Waals surface area contributed by atoms with Crippen LogP contribution in [-0.2, 0) is 0 Å². The summed E-state index contributed by atoms with van der Waals surface area (Å²) in [6, 6.07) is 12.7. The van der Waals surface area contributed by atoms with Crippen molar-refractivity contribution in [3.05, 3.63) is 59.9 Å². The molecule has 1 amide bonds. The van der Waals surface area contributed by atoms with Gasteiger partial charge in [0.2, 0.25) is 0 Å². The summed E-state index contributed by atoms with van der Waals surface area (Å²) < 4.78 is 18.6. The van der Waals surface area contributed by atoms with Crippen LogP contribution < -0.4 is 10.1 Å². The van der Waals surface area contributed by atoms with Crippen molar-refractivity contribution in [1.29, 1.82) is 0 Å². The zero-order valence-corrected chi connectivity index (χ0v) is 12.1. The molecule has 0 bridgehead atoms. The Morgan fingerprint density at radius 3 is 2.52 bits per heavy atom. The molecule has 0 spiro atoms. The van der Waals surface area contributed by atoms with E-state index >= 15 is 0 Å². The first-order chi connectivity index (χ1) is 10.0. The van der Waals surface area contributed by atoms with E-state index in [1.165, 1.54) is 18.2 Å². The van der Waals surface area contributed by atoms with Crippen LogP contribution in [0, 0.1) is 11.7 Å². The predicted molar refractivity (Wildman–Crippen MR) is 81.1 cm³/mol. The molecule has 110 valence electrons. The van der Waals surface area contributed by atoms with Crippen LogP contribution in [0.2, 0.25) is 0 Å². The van der Waals surface area contributed by atoms with E-state index in [0.29, 0.717) is 18.2 Å². The maximum atomic E-state index is 13.1. The second-order valence-corrected chi connectivity index (χ2v) is 5.19. The number of rotatable bonds is 5. The summed E-state index contributed by atoms with van der Waals surface area (Å²) in [6.45, 7) is 4.80. The lowest BCUT2D eigenvalue weighted by Crippen LogP contribution is -2.12. The maximum Gasteiger partial charge on any atom is 0.255 e. The van der Waals surface area contributed by atoms with Gasteiger partial charge in [0, 0.05) is 11.3 Å². The van der Waals surface area contributed by atoms with Crippen LogP contribution in [0.4, 0.5) is 10.1 Å². The van der Waals surface area contributed by atoms with Gasteiger partial charge in [0.1, 0.15) is 11.6 Å². The van der Waals surface area contributed by atoms with Crippen LogP contribution in [0.3, 0.4) is 0 Å². The Bertz CT molecular complexity index is 608. The average molecular weight is 287 g/mol. The Morgan fingerprint density at radius 1 is 1.19 bits per heavy atom. The van der Waals surface area contributed by atoms with E-state index in [9.17, 15) is 9.18 Å². The number of halogens is 1. The number of carbonyl (C=O) groups excluding carboxylic acids is 1. The predicted octanol–water partition coefficient (Wildman–Crippen LogP) is 4.11. The van der Waals surface area contributed by atoms with Crippen molar-refractivity contribution < 1.29 is 13.9 Å². The highest BCUT2D eigenvalue weighted by molar-refractivity contribution is 6.04. The number of hydrogen-bond donors (Lipinski definition) is 1. The van der Waals surface area contributed by atoms with E-state index in [1.54, 1.807) is 30.3 Å². The van der Waals surface area contributed by atoms with Gasteiger partial charge in [-0.25, -0.2) is 4.39 Å². The van der Waals surface area contributed by atoms with Gasteiger partial charge in [0.15, 0.2) is 0 Å². The Kier molecular flexibility index (Phi) is 4.93. The van der Waals surface area contributed by atoms with E-state index in [1.807, 2.05) is 0 Å². The van der Waals surface area contributed by atoms with E-state index in [2.05, 4.69) is 19.2 Å². The third-order valence-corrected chi connectivity index (χ3v) is 2.78. The Morgan fingerprint density at radius 2 is 1.90 bits per heavy atom. The molecule has 0 radical (unpaired) electrons. The van der Waals surface area contributed by atoms with Crippen molar-refractivity contribution in [2.24, 2.45) is 5.92 Å². The molecule has 0 unspecified atom stereocenters. The first-order valence-corrected chi connectivity index (χ1v) is 6.84. The number of ether oxygens (including phenoxy) is 1. The first-order valence-electron chi connectivity index (χ1n) is 6.84. The molecule has 3 nitrogen and oxygen atoms in total. The number of amides is 1. The molecule has 0 aliphatic heterocycles. The maximum absolute atomic E-state index is 13.1. The SMILES string of the molecule is CC(C)COc1ccc(NC(=O)c2cccc(F)c2)cc1. The summed E-state index contributed by atoms with van der Waals surface area (Å²) in [5.41, 5.74) is 0.927. The van der Waals surface area contributed by atoms with Gasteiger partial charge in [-0.2, -0.15) is 0 Å². The van der Waals surface area contributed by atoms with E-state index < -0.39 is 5.82 Å². The Balaban J connectivity index is 1.98. The highest BCUT2D eigenvalue weighted by Crippen LogP contribution is 2.17. The standard InChI is InChI=1S/C17H18FNO2/c1-12(2)11-21-16-8-6-15(7-9-16)19-17(20)13-4-3-5-14(18)10-13/h3-10,12H,11H2,1-2H3,(H,19,20). The summed E-state index contributed by atoms with van der Waals surface area (Å²) in [6.07, 6.45) is 0. The third-order valence-electron chi connectivity index (χ3n) is 2.78. The molecule has 0 aromatic heterocycles. The van der Waals surface area contributed by atoms with Gasteiger partial charge in [-0.15, -0.1) is 0 Å². The third kappa shape index (κ3) is 4.60. The lowest BCUT2D eigenvalue weighted by Gasteiger charge is -2.10. The second kappa shape index (κ2) is 6.88.